The Morgan fingerprint density at radius 1 is 0.935 bits per heavy atom. The van der Waals surface area contributed by atoms with Gasteiger partial charge in [0.15, 0.2) is 0 Å². The summed E-state index contributed by atoms with van der Waals surface area (Å²) in [6, 6.07) is 23.7. The number of fused-ring (bicyclic) bond motifs is 2. The third-order valence-corrected chi connectivity index (χ3v) is 6.18. The first-order chi connectivity index (χ1) is 15.3. The number of amides is 1. The van der Waals surface area contributed by atoms with Crippen LogP contribution in [0.3, 0.4) is 0 Å². The number of carbonyl (C=O) groups excluding carboxylic acids is 1. The van der Waals surface area contributed by atoms with Crippen molar-refractivity contribution in [3.63, 3.8) is 0 Å². The molecule has 0 radical (unpaired) electrons. The Balaban J connectivity index is 1.24. The van der Waals surface area contributed by atoms with Crippen LogP contribution in [0, 0.1) is 0 Å². The molecule has 5 heteroatoms. The third-order valence-electron chi connectivity index (χ3n) is 6.18. The maximum Gasteiger partial charge on any atom is 0.254 e. The summed E-state index contributed by atoms with van der Waals surface area (Å²) in [5.41, 5.74) is 1.79. The normalized spacial score (nSPS) is 22.2. The van der Waals surface area contributed by atoms with Crippen molar-refractivity contribution in [3.8, 4) is 11.6 Å². The van der Waals surface area contributed by atoms with Crippen LogP contribution >= 0.6 is 0 Å². The second-order valence-corrected chi connectivity index (χ2v) is 8.28. The number of pyridine rings is 1. The van der Waals surface area contributed by atoms with E-state index in [4.69, 9.17) is 9.47 Å². The molecule has 2 saturated heterocycles. The van der Waals surface area contributed by atoms with Crippen LogP contribution in [0.1, 0.15) is 41.6 Å². The number of nitrogens with zero attached hydrogens (tertiary/aromatic N) is 2. The van der Waals surface area contributed by atoms with Gasteiger partial charge < -0.3 is 14.4 Å². The molecule has 0 N–H and O–H groups in total. The Hall–Kier alpha value is -3.34. The predicted molar refractivity (Wildman–Crippen MR) is 118 cm³/mol. The van der Waals surface area contributed by atoms with Gasteiger partial charge in [0, 0.05) is 42.8 Å². The fourth-order valence-electron chi connectivity index (χ4n) is 4.75. The highest BCUT2D eigenvalue weighted by atomic mass is 16.5. The molecule has 31 heavy (non-hydrogen) atoms. The Kier molecular flexibility index (Phi) is 5.57. The maximum atomic E-state index is 13.4. The van der Waals surface area contributed by atoms with Gasteiger partial charge in [0.25, 0.3) is 5.91 Å². The zero-order valence-corrected chi connectivity index (χ0v) is 17.4. The summed E-state index contributed by atoms with van der Waals surface area (Å²) in [6.07, 6.45) is 5.62. The topological polar surface area (TPSA) is 51.7 Å². The lowest BCUT2D eigenvalue weighted by Crippen LogP contribution is -2.49. The Morgan fingerprint density at radius 2 is 1.71 bits per heavy atom. The lowest BCUT2D eigenvalue weighted by atomic mass is 9.98. The van der Waals surface area contributed by atoms with E-state index < -0.39 is 0 Å². The molecule has 0 saturated carbocycles. The van der Waals surface area contributed by atoms with Crippen molar-refractivity contribution in [1.82, 2.24) is 9.88 Å². The average molecular weight is 415 g/mol. The third kappa shape index (κ3) is 4.41. The van der Waals surface area contributed by atoms with Crippen LogP contribution in [0.25, 0.3) is 0 Å². The molecule has 158 valence electrons. The van der Waals surface area contributed by atoms with Gasteiger partial charge in [0.1, 0.15) is 18.5 Å². The van der Waals surface area contributed by atoms with Crippen LogP contribution in [-0.2, 0) is 6.61 Å². The molecule has 0 spiro atoms. The molecule has 1 amide bonds. The monoisotopic (exact) mass is 414 g/mol. The molecular formula is C26H26N2O3. The first-order valence-electron chi connectivity index (χ1n) is 10.9. The standard InChI is InChI=1S/C26H26N2O3/c29-26(20-9-6-10-23(15-20)30-18-19-7-2-1-3-8-19)28-21-12-13-22(28)17-24(16-21)31-25-11-4-5-14-27-25/h1-11,14-15,21-22,24H,12-13,16-18H2. The average Bonchev–Trinajstić information content (AvgIpc) is 3.09. The van der Waals surface area contributed by atoms with Gasteiger partial charge in [0.2, 0.25) is 5.88 Å². The quantitative estimate of drug-likeness (QED) is 0.577. The summed E-state index contributed by atoms with van der Waals surface area (Å²) in [4.78, 5) is 19.7. The summed E-state index contributed by atoms with van der Waals surface area (Å²) >= 11 is 0. The molecule has 2 aliphatic rings. The van der Waals surface area contributed by atoms with Gasteiger partial charge in [-0.2, -0.15) is 0 Å². The number of aromatic nitrogens is 1. The minimum absolute atomic E-state index is 0.0916. The number of ether oxygens (including phenoxy) is 2. The minimum atomic E-state index is 0.0916. The van der Waals surface area contributed by atoms with Gasteiger partial charge >= 0.3 is 0 Å². The fraction of sp³-hybridized carbons (Fsp3) is 0.308. The molecule has 3 heterocycles. The van der Waals surface area contributed by atoms with Crippen molar-refractivity contribution in [2.45, 2.75) is 50.5 Å². The largest absolute Gasteiger partial charge is 0.489 e. The number of benzene rings is 2. The van der Waals surface area contributed by atoms with E-state index in [0.29, 0.717) is 18.1 Å². The predicted octanol–water partition coefficient (Wildman–Crippen LogP) is 4.88. The Morgan fingerprint density at radius 3 is 2.45 bits per heavy atom. The molecule has 5 rings (SSSR count). The van der Waals surface area contributed by atoms with Gasteiger partial charge in [-0.3, -0.25) is 4.79 Å². The van der Waals surface area contributed by atoms with Crippen LogP contribution < -0.4 is 9.47 Å². The first kappa shape index (κ1) is 19.6. The van der Waals surface area contributed by atoms with Crippen molar-refractivity contribution in [2.24, 2.45) is 0 Å². The maximum absolute atomic E-state index is 13.4. The van der Waals surface area contributed by atoms with Crippen LogP contribution in [0.5, 0.6) is 11.6 Å². The number of hydrogen-bond acceptors (Lipinski definition) is 4. The number of carbonyl (C=O) groups is 1. The van der Waals surface area contributed by atoms with E-state index in [2.05, 4.69) is 9.88 Å². The zero-order chi connectivity index (χ0) is 21.0. The summed E-state index contributed by atoms with van der Waals surface area (Å²) in [7, 11) is 0. The van der Waals surface area contributed by atoms with E-state index in [1.165, 1.54) is 0 Å². The summed E-state index contributed by atoms with van der Waals surface area (Å²) in [5.74, 6) is 1.47. The van der Waals surface area contributed by atoms with Gasteiger partial charge in [-0.25, -0.2) is 4.98 Å². The van der Waals surface area contributed by atoms with Crippen molar-refractivity contribution in [2.75, 3.05) is 0 Å². The van der Waals surface area contributed by atoms with Crippen molar-refractivity contribution >= 4 is 5.91 Å². The lowest BCUT2D eigenvalue weighted by molar-refractivity contribution is 0.0347. The Bertz CT molecular complexity index is 1010. The molecule has 2 atom stereocenters. The van der Waals surface area contributed by atoms with E-state index in [1.807, 2.05) is 72.8 Å². The molecule has 3 aromatic rings. The number of hydrogen-bond donors (Lipinski definition) is 0. The molecule has 1 aromatic heterocycles. The molecule has 0 aliphatic carbocycles. The minimum Gasteiger partial charge on any atom is -0.489 e. The number of rotatable bonds is 6. The molecule has 2 aromatic carbocycles. The van der Waals surface area contributed by atoms with E-state index in [9.17, 15) is 4.79 Å². The molecule has 2 unspecified atom stereocenters. The van der Waals surface area contributed by atoms with Gasteiger partial charge in [-0.05, 0) is 42.7 Å². The van der Waals surface area contributed by atoms with Gasteiger partial charge in [0.05, 0.1) is 0 Å². The SMILES string of the molecule is O=C(c1cccc(OCc2ccccc2)c1)N1C2CCC1CC(Oc1ccccn1)C2. The van der Waals surface area contributed by atoms with Crippen LogP contribution in [0.2, 0.25) is 0 Å². The van der Waals surface area contributed by atoms with Gasteiger partial charge in [-0.1, -0.05) is 42.5 Å². The molecule has 2 fully saturated rings. The summed E-state index contributed by atoms with van der Waals surface area (Å²) in [5, 5.41) is 0. The molecule has 2 bridgehead atoms. The van der Waals surface area contributed by atoms with Crippen LogP contribution in [0.4, 0.5) is 0 Å². The lowest BCUT2D eigenvalue weighted by Gasteiger charge is -2.38. The van der Waals surface area contributed by atoms with E-state index in [1.54, 1.807) is 6.20 Å². The van der Waals surface area contributed by atoms with E-state index in [0.717, 1.165) is 37.0 Å². The molecule has 5 nitrogen and oxygen atoms in total. The van der Waals surface area contributed by atoms with E-state index in [-0.39, 0.29) is 24.1 Å². The smallest absolute Gasteiger partial charge is 0.254 e. The molecular weight excluding hydrogens is 388 g/mol. The van der Waals surface area contributed by atoms with Crippen molar-refractivity contribution in [3.05, 3.63) is 90.1 Å². The highest BCUT2D eigenvalue weighted by Gasteiger charge is 2.44. The number of piperidine rings is 1. The Labute approximate surface area is 182 Å². The first-order valence-corrected chi connectivity index (χ1v) is 10.9. The second-order valence-electron chi connectivity index (χ2n) is 8.28. The fourth-order valence-corrected chi connectivity index (χ4v) is 4.75. The highest BCUT2D eigenvalue weighted by Crippen LogP contribution is 2.38. The summed E-state index contributed by atoms with van der Waals surface area (Å²) < 4.78 is 12.0. The van der Waals surface area contributed by atoms with Crippen molar-refractivity contribution < 1.29 is 14.3 Å². The van der Waals surface area contributed by atoms with Gasteiger partial charge in [-0.15, -0.1) is 0 Å². The van der Waals surface area contributed by atoms with Crippen LogP contribution in [0.15, 0.2) is 79.0 Å². The van der Waals surface area contributed by atoms with Crippen LogP contribution in [-0.4, -0.2) is 34.0 Å². The summed E-state index contributed by atoms with van der Waals surface area (Å²) in [6.45, 7) is 0.486. The second kappa shape index (κ2) is 8.80. The van der Waals surface area contributed by atoms with E-state index >= 15 is 0 Å². The molecule has 2 aliphatic heterocycles. The van der Waals surface area contributed by atoms with Crippen molar-refractivity contribution in [1.29, 1.82) is 0 Å². The highest BCUT2D eigenvalue weighted by molar-refractivity contribution is 5.95. The zero-order valence-electron chi connectivity index (χ0n) is 17.4.